The van der Waals surface area contributed by atoms with E-state index in [-0.39, 0.29) is 5.92 Å². The fraction of sp³-hybridized carbons (Fsp3) is 0.417. The van der Waals surface area contributed by atoms with E-state index in [9.17, 15) is 14.7 Å². The van der Waals surface area contributed by atoms with Crippen molar-refractivity contribution >= 4 is 35.1 Å². The summed E-state index contributed by atoms with van der Waals surface area (Å²) in [4.78, 5) is 22.2. The van der Waals surface area contributed by atoms with Gasteiger partial charge in [0.15, 0.2) is 4.49 Å². The van der Waals surface area contributed by atoms with Crippen molar-refractivity contribution < 1.29 is 19.4 Å². The van der Waals surface area contributed by atoms with Crippen LogP contribution in [-0.2, 0) is 14.3 Å². The molecule has 0 aromatic heterocycles. The number of hydrogen-bond acceptors (Lipinski definition) is 5. The first-order valence-corrected chi connectivity index (χ1v) is 6.03. The van der Waals surface area contributed by atoms with Gasteiger partial charge in [-0.15, -0.1) is 0 Å². The molecule has 19 heavy (non-hydrogen) atoms. The third kappa shape index (κ3) is 3.49. The van der Waals surface area contributed by atoms with E-state index < -0.39 is 33.5 Å². The summed E-state index contributed by atoms with van der Waals surface area (Å²) in [5, 5.41) is 19.4. The highest BCUT2D eigenvalue weighted by atomic mass is 35.5. The van der Waals surface area contributed by atoms with E-state index in [0.717, 1.165) is 6.08 Å². The van der Waals surface area contributed by atoms with Crippen molar-refractivity contribution in [1.29, 1.82) is 5.26 Å². The zero-order chi connectivity index (χ0) is 14.8. The molecule has 2 atom stereocenters. The molecule has 0 aromatic carbocycles. The van der Waals surface area contributed by atoms with E-state index in [0.29, 0.717) is 0 Å². The van der Waals surface area contributed by atoms with Crippen molar-refractivity contribution in [3.63, 3.8) is 0 Å². The highest BCUT2D eigenvalue weighted by molar-refractivity contribution is 6.56. The number of nitriles is 1. The molecule has 0 aliphatic heterocycles. The van der Waals surface area contributed by atoms with Gasteiger partial charge in [-0.1, -0.05) is 43.1 Å². The second kappa shape index (κ2) is 5.64. The van der Waals surface area contributed by atoms with Gasteiger partial charge in [-0.25, -0.2) is 4.79 Å². The lowest BCUT2D eigenvalue weighted by atomic mass is 10.1. The smallest absolute Gasteiger partial charge is 0.336 e. The van der Waals surface area contributed by atoms with Crippen LogP contribution in [0, 0.1) is 28.6 Å². The van der Waals surface area contributed by atoms with Crippen LogP contribution in [0.4, 0.5) is 0 Å². The number of aliphatic carboxylic acids is 1. The molecule has 102 valence electrons. The molecule has 0 amide bonds. The standard InChI is InChI=1S/C12H11Cl2NO4/c1-12(2)6(9(12)11(17)18)3-4-8(16)19-7(5-15)10(13)14/h3-4,6,9H,1-2H3,(H,17,18)/p-1/b4-3+. The summed E-state index contributed by atoms with van der Waals surface area (Å²) in [6, 6.07) is 1.51. The van der Waals surface area contributed by atoms with Crippen LogP contribution in [0.15, 0.2) is 22.4 Å². The van der Waals surface area contributed by atoms with Gasteiger partial charge in [-0.2, -0.15) is 5.26 Å². The summed E-state index contributed by atoms with van der Waals surface area (Å²) in [6.45, 7) is 3.51. The first-order valence-electron chi connectivity index (χ1n) is 5.28. The predicted octanol–water partition coefficient (Wildman–Crippen LogP) is 1.28. The van der Waals surface area contributed by atoms with Gasteiger partial charge in [-0.05, 0) is 11.3 Å². The lowest BCUT2D eigenvalue weighted by Crippen LogP contribution is -2.26. The third-order valence-corrected chi connectivity index (χ3v) is 3.42. The number of carbonyl (C=O) groups excluding carboxylic acids is 2. The Balaban J connectivity index is 2.65. The first kappa shape index (κ1) is 15.5. The Hall–Kier alpha value is -1.51. The van der Waals surface area contributed by atoms with Crippen LogP contribution >= 0.6 is 23.2 Å². The zero-order valence-electron chi connectivity index (χ0n) is 10.1. The normalized spacial score (nSPS) is 23.5. The summed E-state index contributed by atoms with van der Waals surface area (Å²) in [6.07, 6.45) is 2.46. The molecular formula is C12H10Cl2NO4-. The Morgan fingerprint density at radius 2 is 2.00 bits per heavy atom. The molecule has 0 saturated heterocycles. The minimum atomic E-state index is -1.16. The van der Waals surface area contributed by atoms with Crippen LogP contribution in [0.2, 0.25) is 0 Å². The molecule has 1 aliphatic rings. The number of halogens is 2. The maximum atomic E-state index is 11.4. The average Bonchev–Trinajstić information content (AvgIpc) is 2.85. The van der Waals surface area contributed by atoms with E-state index in [1.165, 1.54) is 12.1 Å². The minimum absolute atomic E-state index is 0.314. The SMILES string of the molecule is CC1(C)C(/C=C/C(=O)OC(C#N)=C(Cl)Cl)C1C(=O)[O-]. The second-order valence-corrected chi connectivity index (χ2v) is 5.57. The number of carboxylic acids is 1. The Bertz CT molecular complexity index is 512. The number of nitrogens with zero attached hydrogens (tertiary/aromatic N) is 1. The number of carbonyl (C=O) groups is 2. The Morgan fingerprint density at radius 1 is 1.42 bits per heavy atom. The average molecular weight is 303 g/mol. The molecule has 5 nitrogen and oxygen atoms in total. The highest BCUT2D eigenvalue weighted by Gasteiger charge is 2.56. The van der Waals surface area contributed by atoms with Gasteiger partial charge in [0.2, 0.25) is 5.76 Å². The van der Waals surface area contributed by atoms with Crippen molar-refractivity contribution in [3.05, 3.63) is 22.4 Å². The van der Waals surface area contributed by atoms with E-state index in [4.69, 9.17) is 28.5 Å². The maximum Gasteiger partial charge on any atom is 0.336 e. The summed E-state index contributed by atoms with van der Waals surface area (Å²) in [7, 11) is 0. The Labute approximate surface area is 120 Å². The monoisotopic (exact) mass is 302 g/mol. The lowest BCUT2D eigenvalue weighted by Gasteiger charge is -2.01. The predicted molar refractivity (Wildman–Crippen MR) is 65.3 cm³/mol. The van der Waals surface area contributed by atoms with Crippen molar-refractivity contribution in [2.45, 2.75) is 13.8 Å². The quantitative estimate of drug-likeness (QED) is 0.338. The van der Waals surface area contributed by atoms with Crippen LogP contribution in [0.5, 0.6) is 0 Å². The first-order chi connectivity index (χ1) is 8.71. The van der Waals surface area contributed by atoms with E-state index in [1.807, 2.05) is 0 Å². The highest BCUT2D eigenvalue weighted by Crippen LogP contribution is 2.58. The number of hydrogen-bond donors (Lipinski definition) is 0. The maximum absolute atomic E-state index is 11.4. The topological polar surface area (TPSA) is 90.2 Å². The Morgan fingerprint density at radius 3 is 2.37 bits per heavy atom. The van der Waals surface area contributed by atoms with E-state index >= 15 is 0 Å². The lowest BCUT2D eigenvalue weighted by molar-refractivity contribution is -0.309. The molecule has 0 aromatic rings. The molecule has 0 radical (unpaired) electrons. The molecule has 1 aliphatic carbocycles. The van der Waals surface area contributed by atoms with Crippen LogP contribution in [0.1, 0.15) is 13.8 Å². The van der Waals surface area contributed by atoms with Gasteiger partial charge >= 0.3 is 5.97 Å². The molecule has 1 saturated carbocycles. The van der Waals surface area contributed by atoms with Gasteiger partial charge in [0.25, 0.3) is 0 Å². The molecule has 2 unspecified atom stereocenters. The summed E-state index contributed by atoms with van der Waals surface area (Å²) in [5.74, 6) is -3.47. The number of allylic oxidation sites excluding steroid dienone is 2. The summed E-state index contributed by atoms with van der Waals surface area (Å²) < 4.78 is 4.11. The fourth-order valence-electron chi connectivity index (χ4n) is 1.91. The fourth-order valence-corrected chi connectivity index (χ4v) is 2.07. The summed E-state index contributed by atoms with van der Waals surface area (Å²) in [5.41, 5.74) is -0.465. The molecule has 1 fully saturated rings. The van der Waals surface area contributed by atoms with Gasteiger partial charge in [0.05, 0.1) is 0 Å². The van der Waals surface area contributed by atoms with Gasteiger partial charge in [0, 0.05) is 18.0 Å². The Kier molecular flexibility index (Phi) is 4.61. The molecule has 0 heterocycles. The molecule has 1 rings (SSSR count). The van der Waals surface area contributed by atoms with Crippen LogP contribution in [0.3, 0.4) is 0 Å². The number of carboxylic acid groups (broad SMARTS) is 1. The van der Waals surface area contributed by atoms with Gasteiger partial charge in [0.1, 0.15) is 6.07 Å². The van der Waals surface area contributed by atoms with Crippen molar-refractivity contribution in [3.8, 4) is 6.07 Å². The van der Waals surface area contributed by atoms with Crippen molar-refractivity contribution in [1.82, 2.24) is 0 Å². The molecule has 0 spiro atoms. The van der Waals surface area contributed by atoms with Crippen LogP contribution < -0.4 is 5.11 Å². The largest absolute Gasteiger partial charge is 0.550 e. The van der Waals surface area contributed by atoms with Crippen LogP contribution in [-0.4, -0.2) is 11.9 Å². The molecule has 0 N–H and O–H groups in total. The number of rotatable bonds is 4. The van der Waals surface area contributed by atoms with Gasteiger partial charge < -0.3 is 14.6 Å². The summed E-state index contributed by atoms with van der Waals surface area (Å²) >= 11 is 10.6. The van der Waals surface area contributed by atoms with E-state index in [2.05, 4.69) is 4.74 Å². The van der Waals surface area contributed by atoms with Crippen LogP contribution in [0.25, 0.3) is 0 Å². The second-order valence-electron chi connectivity index (χ2n) is 4.63. The minimum Gasteiger partial charge on any atom is -0.550 e. The third-order valence-electron chi connectivity index (χ3n) is 3.08. The zero-order valence-corrected chi connectivity index (χ0v) is 11.7. The van der Waals surface area contributed by atoms with Gasteiger partial charge in [-0.3, -0.25) is 0 Å². The van der Waals surface area contributed by atoms with Crippen molar-refractivity contribution in [2.24, 2.45) is 17.3 Å². The van der Waals surface area contributed by atoms with E-state index in [1.54, 1.807) is 13.8 Å². The number of esters is 1. The van der Waals surface area contributed by atoms with Crippen molar-refractivity contribution in [2.75, 3.05) is 0 Å². The molecular weight excluding hydrogens is 293 g/mol. The molecule has 0 bridgehead atoms. The molecule has 7 heteroatoms. The number of ether oxygens (including phenoxy) is 1.